The van der Waals surface area contributed by atoms with Gasteiger partial charge in [-0.25, -0.2) is 9.59 Å². The van der Waals surface area contributed by atoms with E-state index in [9.17, 15) is 14.7 Å². The first-order valence-corrected chi connectivity index (χ1v) is 11.4. The van der Waals surface area contributed by atoms with Crippen LogP contribution in [0.3, 0.4) is 0 Å². The molecule has 1 unspecified atom stereocenters. The average molecular weight is 475 g/mol. The SMILES string of the molecule is CCN1c2ccc(CC(C)NC[C@H](O)c3cccc(Cl)c3)cc2CC1(C(=O)OC)C(=O)OC. The molecule has 0 amide bonds. The van der Waals surface area contributed by atoms with Crippen LogP contribution in [0, 0.1) is 0 Å². The Morgan fingerprint density at radius 1 is 1.18 bits per heavy atom. The minimum Gasteiger partial charge on any atom is -0.467 e. The number of likely N-dealkylation sites (N-methyl/N-ethyl adjacent to an activating group) is 1. The Hall–Kier alpha value is -2.61. The second kappa shape index (κ2) is 10.5. The zero-order chi connectivity index (χ0) is 24.2. The highest BCUT2D eigenvalue weighted by Crippen LogP contribution is 2.41. The third-order valence-electron chi connectivity index (χ3n) is 6.14. The van der Waals surface area contributed by atoms with E-state index < -0.39 is 23.6 Å². The number of nitrogens with one attached hydrogen (secondary N) is 1. The van der Waals surface area contributed by atoms with Crippen LogP contribution >= 0.6 is 11.6 Å². The van der Waals surface area contributed by atoms with E-state index in [2.05, 4.69) is 5.32 Å². The number of benzene rings is 2. The molecule has 33 heavy (non-hydrogen) atoms. The molecule has 0 aromatic heterocycles. The van der Waals surface area contributed by atoms with Gasteiger partial charge in [0.2, 0.25) is 5.54 Å². The Bertz CT molecular complexity index is 996. The van der Waals surface area contributed by atoms with Gasteiger partial charge >= 0.3 is 11.9 Å². The number of aliphatic hydroxyl groups is 1. The molecule has 2 aromatic carbocycles. The molecule has 178 valence electrons. The summed E-state index contributed by atoms with van der Waals surface area (Å²) in [6.45, 7) is 4.78. The van der Waals surface area contributed by atoms with Gasteiger partial charge in [0.15, 0.2) is 0 Å². The first-order chi connectivity index (χ1) is 15.8. The molecule has 0 saturated carbocycles. The number of ether oxygens (including phenoxy) is 2. The van der Waals surface area contributed by atoms with Gasteiger partial charge in [-0.1, -0.05) is 35.9 Å². The van der Waals surface area contributed by atoms with E-state index in [0.717, 1.165) is 22.4 Å². The van der Waals surface area contributed by atoms with Crippen molar-refractivity contribution in [3.63, 3.8) is 0 Å². The summed E-state index contributed by atoms with van der Waals surface area (Å²) in [5.41, 5.74) is 2.05. The number of fused-ring (bicyclic) bond motifs is 1. The van der Waals surface area contributed by atoms with Crippen molar-refractivity contribution in [2.45, 2.75) is 44.4 Å². The molecular formula is C25H31ClN2O5. The molecule has 1 heterocycles. The fourth-order valence-corrected chi connectivity index (χ4v) is 4.74. The Morgan fingerprint density at radius 3 is 2.48 bits per heavy atom. The summed E-state index contributed by atoms with van der Waals surface area (Å²) in [6, 6.07) is 13.2. The zero-order valence-corrected chi connectivity index (χ0v) is 20.2. The Balaban J connectivity index is 1.72. The van der Waals surface area contributed by atoms with Crippen molar-refractivity contribution >= 4 is 29.2 Å². The molecule has 2 aromatic rings. The number of rotatable bonds is 9. The number of carbonyl (C=O) groups excluding carboxylic acids is 2. The van der Waals surface area contributed by atoms with Gasteiger partial charge < -0.3 is 24.8 Å². The molecule has 3 rings (SSSR count). The van der Waals surface area contributed by atoms with Gasteiger partial charge in [0, 0.05) is 36.3 Å². The van der Waals surface area contributed by atoms with Crippen LogP contribution in [0.5, 0.6) is 0 Å². The highest BCUT2D eigenvalue weighted by Gasteiger charge is 2.57. The molecule has 7 nitrogen and oxygen atoms in total. The summed E-state index contributed by atoms with van der Waals surface area (Å²) in [4.78, 5) is 27.2. The molecule has 8 heteroatoms. The van der Waals surface area contributed by atoms with E-state index in [1.807, 2.05) is 44.2 Å². The summed E-state index contributed by atoms with van der Waals surface area (Å²) in [5, 5.41) is 14.4. The standard InChI is InChI=1S/C25H31ClN2O5/c1-5-28-21-10-9-17(12-19(21)14-25(28,23(30)32-3)24(31)33-4)11-16(2)27-15-22(29)18-7-6-8-20(26)13-18/h6-10,12-13,16,22,27,29H,5,11,14-15H2,1-4H3/t16?,22-/m0/s1. The lowest BCUT2D eigenvalue weighted by atomic mass is 9.93. The normalized spacial score (nSPS) is 16.1. The lowest BCUT2D eigenvalue weighted by molar-refractivity contribution is -0.160. The lowest BCUT2D eigenvalue weighted by Gasteiger charge is -2.34. The Labute approximate surface area is 199 Å². The summed E-state index contributed by atoms with van der Waals surface area (Å²) in [6.07, 6.45) is 0.244. The Morgan fingerprint density at radius 2 is 1.88 bits per heavy atom. The first-order valence-electron chi connectivity index (χ1n) is 11.0. The monoisotopic (exact) mass is 474 g/mol. The number of anilines is 1. The highest BCUT2D eigenvalue weighted by molar-refractivity contribution is 6.30. The summed E-state index contributed by atoms with van der Waals surface area (Å²) in [7, 11) is 2.56. The number of carbonyl (C=O) groups is 2. The number of hydrogen-bond acceptors (Lipinski definition) is 7. The molecule has 0 saturated heterocycles. The van der Waals surface area contributed by atoms with E-state index in [-0.39, 0.29) is 12.5 Å². The molecule has 2 atom stereocenters. The lowest BCUT2D eigenvalue weighted by Crippen LogP contribution is -2.60. The van der Waals surface area contributed by atoms with E-state index in [0.29, 0.717) is 24.5 Å². The minimum atomic E-state index is -1.51. The van der Waals surface area contributed by atoms with Crippen molar-refractivity contribution in [2.24, 2.45) is 0 Å². The van der Waals surface area contributed by atoms with E-state index in [1.165, 1.54) is 14.2 Å². The predicted octanol–water partition coefficient (Wildman–Crippen LogP) is 3.06. The average Bonchev–Trinajstić information content (AvgIpc) is 3.15. The summed E-state index contributed by atoms with van der Waals surface area (Å²) in [5.74, 6) is -1.25. The smallest absolute Gasteiger partial charge is 0.343 e. The molecule has 0 radical (unpaired) electrons. The van der Waals surface area contributed by atoms with Crippen molar-refractivity contribution in [2.75, 3.05) is 32.2 Å². The molecular weight excluding hydrogens is 444 g/mol. The van der Waals surface area contributed by atoms with Crippen molar-refractivity contribution < 1.29 is 24.2 Å². The van der Waals surface area contributed by atoms with Crippen LogP contribution < -0.4 is 10.2 Å². The molecule has 1 aliphatic rings. The summed E-state index contributed by atoms with van der Waals surface area (Å²) >= 11 is 6.01. The fraction of sp³-hybridized carbons (Fsp3) is 0.440. The van der Waals surface area contributed by atoms with Crippen LogP contribution in [-0.2, 0) is 31.9 Å². The van der Waals surface area contributed by atoms with Gasteiger partial charge in [0.1, 0.15) is 0 Å². The molecule has 1 aliphatic heterocycles. The maximum absolute atomic E-state index is 12.7. The molecule has 0 fully saturated rings. The molecule has 2 N–H and O–H groups in total. The van der Waals surface area contributed by atoms with Gasteiger partial charge in [0.05, 0.1) is 20.3 Å². The van der Waals surface area contributed by atoms with Crippen LogP contribution in [0.25, 0.3) is 0 Å². The topological polar surface area (TPSA) is 88.1 Å². The maximum Gasteiger partial charge on any atom is 0.343 e. The van der Waals surface area contributed by atoms with Crippen molar-refractivity contribution in [3.8, 4) is 0 Å². The number of aliphatic hydroxyl groups excluding tert-OH is 1. The van der Waals surface area contributed by atoms with Gasteiger partial charge in [-0.3, -0.25) is 0 Å². The third-order valence-corrected chi connectivity index (χ3v) is 6.37. The molecule has 0 spiro atoms. The van der Waals surface area contributed by atoms with Crippen LogP contribution in [0.4, 0.5) is 5.69 Å². The van der Waals surface area contributed by atoms with Crippen molar-refractivity contribution in [1.29, 1.82) is 0 Å². The maximum atomic E-state index is 12.7. The Kier molecular flexibility index (Phi) is 8.00. The number of methoxy groups -OCH3 is 2. The second-order valence-corrected chi connectivity index (χ2v) is 8.75. The van der Waals surface area contributed by atoms with Crippen LogP contribution in [-0.4, -0.2) is 55.9 Å². The van der Waals surface area contributed by atoms with Gasteiger partial charge in [-0.05, 0) is 55.2 Å². The molecule has 0 aliphatic carbocycles. The van der Waals surface area contributed by atoms with Crippen molar-refractivity contribution in [3.05, 3.63) is 64.2 Å². The largest absolute Gasteiger partial charge is 0.467 e. The zero-order valence-electron chi connectivity index (χ0n) is 19.4. The number of nitrogens with zero attached hydrogens (tertiary/aromatic N) is 1. The van der Waals surface area contributed by atoms with Gasteiger partial charge in [0.25, 0.3) is 0 Å². The molecule has 0 bridgehead atoms. The summed E-state index contributed by atoms with van der Waals surface area (Å²) < 4.78 is 9.99. The predicted molar refractivity (Wildman–Crippen MR) is 128 cm³/mol. The fourth-order valence-electron chi connectivity index (χ4n) is 4.54. The third kappa shape index (κ3) is 5.00. The highest BCUT2D eigenvalue weighted by atomic mass is 35.5. The van der Waals surface area contributed by atoms with Crippen LogP contribution in [0.2, 0.25) is 5.02 Å². The van der Waals surface area contributed by atoms with Gasteiger partial charge in [-0.2, -0.15) is 0 Å². The van der Waals surface area contributed by atoms with E-state index >= 15 is 0 Å². The second-order valence-electron chi connectivity index (χ2n) is 8.31. The first kappa shape index (κ1) is 25.0. The van der Waals surface area contributed by atoms with Crippen LogP contribution in [0.1, 0.15) is 36.6 Å². The number of esters is 2. The van der Waals surface area contributed by atoms with Crippen LogP contribution in [0.15, 0.2) is 42.5 Å². The quantitative estimate of drug-likeness (QED) is 0.426. The van der Waals surface area contributed by atoms with Gasteiger partial charge in [-0.15, -0.1) is 0 Å². The van der Waals surface area contributed by atoms with E-state index in [1.54, 1.807) is 17.0 Å². The number of halogens is 1. The number of hydrogen-bond donors (Lipinski definition) is 2. The van der Waals surface area contributed by atoms with E-state index in [4.69, 9.17) is 21.1 Å². The minimum absolute atomic E-state index is 0.0894. The van der Waals surface area contributed by atoms with Crippen molar-refractivity contribution in [1.82, 2.24) is 5.32 Å².